The number of hydrogen-bond acceptors (Lipinski definition) is 5. The molecule has 0 radical (unpaired) electrons. The molecular formula is C24H22FN5O3. The highest BCUT2D eigenvalue weighted by Crippen LogP contribution is 2.26. The molecule has 5 rings (SSSR count). The summed E-state index contributed by atoms with van der Waals surface area (Å²) < 4.78 is 22.5. The number of nitrogens with zero attached hydrogens (tertiary/aromatic N) is 4. The van der Waals surface area contributed by atoms with Crippen LogP contribution in [-0.4, -0.2) is 32.8 Å². The monoisotopic (exact) mass is 447 g/mol. The van der Waals surface area contributed by atoms with E-state index in [1.54, 1.807) is 30.1 Å². The molecule has 168 valence electrons. The van der Waals surface area contributed by atoms with Crippen LogP contribution in [0.3, 0.4) is 0 Å². The number of benzene rings is 2. The lowest BCUT2D eigenvalue weighted by atomic mass is 9.92. The standard InChI is InChI=1S/C24H22FN5O3/c1-15-12-29(14-26-15)20-9-4-16(11-21(20)32-3)10-19-22-28-33-13-24(2,30(22)23(31)27-19)17-5-7-18(25)8-6-17/h4-12,14H,13H2,1-3H3,(H,27,31)/b19-10-. The van der Waals surface area contributed by atoms with Gasteiger partial charge in [-0.2, -0.15) is 0 Å². The average Bonchev–Trinajstić information content (AvgIpc) is 3.38. The molecule has 0 amide bonds. The second kappa shape index (κ2) is 7.77. The molecule has 9 heteroatoms. The fourth-order valence-electron chi connectivity index (χ4n) is 4.11. The van der Waals surface area contributed by atoms with Crippen LogP contribution in [0.1, 0.15) is 23.7 Å². The zero-order chi connectivity index (χ0) is 23.2. The van der Waals surface area contributed by atoms with Gasteiger partial charge in [-0.3, -0.25) is 4.57 Å². The fourth-order valence-corrected chi connectivity index (χ4v) is 4.11. The van der Waals surface area contributed by atoms with E-state index in [1.165, 1.54) is 12.1 Å². The number of aromatic amines is 1. The first-order chi connectivity index (χ1) is 15.9. The van der Waals surface area contributed by atoms with Gasteiger partial charge >= 0.3 is 5.69 Å². The second-order valence-corrected chi connectivity index (χ2v) is 8.15. The van der Waals surface area contributed by atoms with Crippen LogP contribution >= 0.6 is 0 Å². The second-order valence-electron chi connectivity index (χ2n) is 8.15. The topological polar surface area (TPSA) is 86.4 Å². The third-order valence-corrected chi connectivity index (χ3v) is 5.86. The maximum atomic E-state index is 13.5. The highest BCUT2D eigenvalue weighted by atomic mass is 19.1. The van der Waals surface area contributed by atoms with Gasteiger partial charge in [0.15, 0.2) is 0 Å². The van der Waals surface area contributed by atoms with Gasteiger partial charge in [-0.1, -0.05) is 23.4 Å². The molecule has 0 saturated heterocycles. The lowest BCUT2D eigenvalue weighted by Gasteiger charge is -2.31. The van der Waals surface area contributed by atoms with Crippen molar-refractivity contribution in [1.82, 2.24) is 19.1 Å². The SMILES string of the molecule is COc1cc(/C=c2\[nH]c(=O)n3c2=NOCC3(C)c2ccc(F)cc2)ccc1-n1cnc(C)c1. The maximum Gasteiger partial charge on any atom is 0.328 e. The average molecular weight is 447 g/mol. The summed E-state index contributed by atoms with van der Waals surface area (Å²) in [6.07, 6.45) is 5.45. The van der Waals surface area contributed by atoms with Crippen molar-refractivity contribution in [2.45, 2.75) is 19.4 Å². The van der Waals surface area contributed by atoms with Crippen molar-refractivity contribution in [3.8, 4) is 11.4 Å². The minimum atomic E-state index is -0.842. The number of H-pyrrole nitrogens is 1. The van der Waals surface area contributed by atoms with Crippen molar-refractivity contribution < 1.29 is 14.0 Å². The number of halogens is 1. The van der Waals surface area contributed by atoms with Crippen LogP contribution in [0.4, 0.5) is 4.39 Å². The first-order valence-corrected chi connectivity index (χ1v) is 10.4. The van der Waals surface area contributed by atoms with E-state index < -0.39 is 5.54 Å². The lowest BCUT2D eigenvalue weighted by Crippen LogP contribution is -2.52. The third kappa shape index (κ3) is 3.51. The van der Waals surface area contributed by atoms with Crippen LogP contribution in [-0.2, 0) is 10.4 Å². The van der Waals surface area contributed by atoms with Gasteiger partial charge in [0.25, 0.3) is 0 Å². The van der Waals surface area contributed by atoms with Crippen molar-refractivity contribution in [3.63, 3.8) is 0 Å². The van der Waals surface area contributed by atoms with E-state index in [0.29, 0.717) is 16.6 Å². The van der Waals surface area contributed by atoms with E-state index in [2.05, 4.69) is 15.1 Å². The minimum Gasteiger partial charge on any atom is -0.495 e. The Morgan fingerprint density at radius 2 is 2.03 bits per heavy atom. The largest absolute Gasteiger partial charge is 0.495 e. The van der Waals surface area contributed by atoms with Gasteiger partial charge in [0.2, 0.25) is 5.49 Å². The van der Waals surface area contributed by atoms with Crippen molar-refractivity contribution in [2.24, 2.45) is 5.16 Å². The van der Waals surface area contributed by atoms with Gasteiger partial charge in [-0.25, -0.2) is 14.2 Å². The summed E-state index contributed by atoms with van der Waals surface area (Å²) >= 11 is 0. The Morgan fingerprint density at radius 3 is 2.73 bits per heavy atom. The van der Waals surface area contributed by atoms with E-state index in [0.717, 1.165) is 22.5 Å². The molecule has 1 unspecified atom stereocenters. The molecule has 33 heavy (non-hydrogen) atoms. The Morgan fingerprint density at radius 1 is 1.24 bits per heavy atom. The Kier molecular flexibility index (Phi) is 4.88. The third-order valence-electron chi connectivity index (χ3n) is 5.86. The zero-order valence-corrected chi connectivity index (χ0v) is 18.4. The Balaban J connectivity index is 1.62. The molecule has 1 aliphatic heterocycles. The smallest absolute Gasteiger partial charge is 0.328 e. The van der Waals surface area contributed by atoms with Crippen LogP contribution in [0, 0.1) is 12.7 Å². The van der Waals surface area contributed by atoms with E-state index in [4.69, 9.17) is 9.57 Å². The molecule has 2 aromatic carbocycles. The molecule has 0 aliphatic carbocycles. The quantitative estimate of drug-likeness (QED) is 0.518. The number of fused-ring (bicyclic) bond motifs is 1. The van der Waals surface area contributed by atoms with E-state index in [1.807, 2.05) is 48.9 Å². The molecule has 2 aromatic heterocycles. The van der Waals surface area contributed by atoms with Crippen molar-refractivity contribution in [2.75, 3.05) is 13.7 Å². The van der Waals surface area contributed by atoms with Crippen molar-refractivity contribution in [3.05, 3.63) is 98.9 Å². The molecule has 3 heterocycles. The molecule has 8 nitrogen and oxygen atoms in total. The van der Waals surface area contributed by atoms with Gasteiger partial charge in [-0.15, -0.1) is 0 Å². The lowest BCUT2D eigenvalue weighted by molar-refractivity contribution is 0.0439. The van der Waals surface area contributed by atoms with Crippen LogP contribution in [0.5, 0.6) is 5.75 Å². The Bertz CT molecular complexity index is 1520. The summed E-state index contributed by atoms with van der Waals surface area (Å²) in [7, 11) is 1.60. The Hall–Kier alpha value is -4.14. The minimum absolute atomic E-state index is 0.148. The van der Waals surface area contributed by atoms with Gasteiger partial charge in [0.1, 0.15) is 23.7 Å². The summed E-state index contributed by atoms with van der Waals surface area (Å²) in [6, 6.07) is 11.7. The molecule has 0 fully saturated rings. The van der Waals surface area contributed by atoms with Crippen LogP contribution < -0.4 is 21.3 Å². The first-order valence-electron chi connectivity index (χ1n) is 10.4. The normalized spacial score (nSPS) is 17.9. The maximum absolute atomic E-state index is 13.5. The summed E-state index contributed by atoms with van der Waals surface area (Å²) in [6.45, 7) is 3.93. The predicted octanol–water partition coefficient (Wildman–Crippen LogP) is 1.98. The summed E-state index contributed by atoms with van der Waals surface area (Å²) in [5.41, 5.74) is 2.50. The molecule has 0 bridgehead atoms. The Labute approximate surface area is 188 Å². The molecule has 1 N–H and O–H groups in total. The van der Waals surface area contributed by atoms with Gasteiger partial charge in [0.05, 0.1) is 30.2 Å². The van der Waals surface area contributed by atoms with Crippen LogP contribution in [0.25, 0.3) is 11.8 Å². The number of aromatic nitrogens is 4. The number of aryl methyl sites for hydroxylation is 1. The molecule has 1 atom stereocenters. The highest BCUT2D eigenvalue weighted by Gasteiger charge is 2.36. The fraction of sp³-hybridized carbons (Fsp3) is 0.208. The molecular weight excluding hydrogens is 425 g/mol. The van der Waals surface area contributed by atoms with E-state index in [9.17, 15) is 9.18 Å². The molecule has 0 saturated carbocycles. The summed E-state index contributed by atoms with van der Waals surface area (Å²) in [4.78, 5) is 25.6. The van der Waals surface area contributed by atoms with Crippen molar-refractivity contribution >= 4 is 6.08 Å². The highest BCUT2D eigenvalue weighted by molar-refractivity contribution is 5.58. The van der Waals surface area contributed by atoms with E-state index >= 15 is 0 Å². The number of nitrogens with one attached hydrogen (secondary N) is 1. The number of methoxy groups -OCH3 is 1. The van der Waals surface area contributed by atoms with Gasteiger partial charge in [-0.05, 0) is 55.3 Å². The van der Waals surface area contributed by atoms with Crippen LogP contribution in [0.2, 0.25) is 0 Å². The zero-order valence-electron chi connectivity index (χ0n) is 18.4. The van der Waals surface area contributed by atoms with E-state index in [-0.39, 0.29) is 18.1 Å². The van der Waals surface area contributed by atoms with Crippen LogP contribution in [0.15, 0.2) is 64.9 Å². The summed E-state index contributed by atoms with van der Waals surface area (Å²) in [5, 5.41) is 4.64. The predicted molar refractivity (Wildman–Crippen MR) is 119 cm³/mol. The summed E-state index contributed by atoms with van der Waals surface area (Å²) in [5.74, 6) is 0.309. The number of imidazole rings is 2. The molecule has 0 spiro atoms. The molecule has 1 aliphatic rings. The first kappa shape index (κ1) is 20.7. The number of hydrogen-bond donors (Lipinski definition) is 1. The van der Waals surface area contributed by atoms with Gasteiger partial charge < -0.3 is 19.1 Å². The van der Waals surface area contributed by atoms with Crippen molar-refractivity contribution in [1.29, 1.82) is 0 Å². The number of ether oxygens (including phenoxy) is 1. The number of rotatable bonds is 4. The molecule has 4 aromatic rings. The van der Waals surface area contributed by atoms with Gasteiger partial charge in [0, 0.05) is 6.20 Å².